The Hall–Kier alpha value is -2.31. The van der Waals surface area contributed by atoms with Crippen LogP contribution in [0.25, 0.3) is 0 Å². The number of benzene rings is 1. The van der Waals surface area contributed by atoms with Gasteiger partial charge in [0.25, 0.3) is 0 Å². The quantitative estimate of drug-likeness (QED) is 0.873. The molecule has 0 spiro atoms. The van der Waals surface area contributed by atoms with Gasteiger partial charge in [0.05, 0.1) is 11.3 Å². The van der Waals surface area contributed by atoms with Crippen molar-refractivity contribution in [3.63, 3.8) is 0 Å². The van der Waals surface area contributed by atoms with Gasteiger partial charge in [-0.3, -0.25) is 0 Å². The average Bonchev–Trinajstić information content (AvgIpc) is 2.45. The maximum atomic E-state index is 12.9. The maximum absolute atomic E-state index is 12.9. The molecule has 21 heavy (non-hydrogen) atoms. The number of aromatic nitrogens is 2. The summed E-state index contributed by atoms with van der Waals surface area (Å²) in [5.74, 6) is 0.874. The summed E-state index contributed by atoms with van der Waals surface area (Å²) < 4.78 is 38.7. The summed E-state index contributed by atoms with van der Waals surface area (Å²) in [6.45, 7) is 2.74. The third-order valence-electron chi connectivity index (χ3n) is 2.72. The van der Waals surface area contributed by atoms with E-state index in [1.807, 2.05) is 6.92 Å². The first-order valence-electron chi connectivity index (χ1n) is 6.50. The standard InChI is InChI=1S/C14H15F3N4/c1-2-7-18-12-8-13(20-9-19-12)21-11-6-4-3-5-10(11)14(15,16)17/h3-6,8-9H,2,7H2,1H3,(H2,18,19,20,21). The summed E-state index contributed by atoms with van der Waals surface area (Å²) in [6, 6.07) is 6.85. The highest BCUT2D eigenvalue weighted by molar-refractivity contribution is 5.63. The van der Waals surface area contributed by atoms with Crippen LogP contribution in [0.4, 0.5) is 30.5 Å². The highest BCUT2D eigenvalue weighted by Crippen LogP contribution is 2.35. The van der Waals surface area contributed by atoms with Crippen molar-refractivity contribution >= 4 is 17.3 Å². The third-order valence-corrected chi connectivity index (χ3v) is 2.72. The Kier molecular flexibility index (Phi) is 4.62. The van der Waals surface area contributed by atoms with Crippen LogP contribution in [0, 0.1) is 0 Å². The molecule has 0 aliphatic carbocycles. The van der Waals surface area contributed by atoms with E-state index in [9.17, 15) is 13.2 Å². The molecule has 1 heterocycles. The Morgan fingerprint density at radius 2 is 1.81 bits per heavy atom. The number of nitrogens with one attached hydrogen (secondary N) is 2. The first-order chi connectivity index (χ1) is 10.0. The number of anilines is 3. The minimum absolute atomic E-state index is 0.0369. The predicted octanol–water partition coefficient (Wildman–Crippen LogP) is 4.06. The van der Waals surface area contributed by atoms with Crippen LogP contribution < -0.4 is 10.6 Å². The Morgan fingerprint density at radius 3 is 2.52 bits per heavy atom. The monoisotopic (exact) mass is 296 g/mol. The lowest BCUT2D eigenvalue weighted by Gasteiger charge is -2.14. The molecular weight excluding hydrogens is 281 g/mol. The summed E-state index contributed by atoms with van der Waals surface area (Å²) in [5.41, 5.74) is -0.767. The fourth-order valence-electron chi connectivity index (χ4n) is 1.75. The van der Waals surface area contributed by atoms with Gasteiger partial charge < -0.3 is 10.6 Å². The number of rotatable bonds is 5. The summed E-state index contributed by atoms with van der Waals surface area (Å²) in [4.78, 5) is 7.94. The lowest BCUT2D eigenvalue weighted by atomic mass is 10.1. The third kappa shape index (κ3) is 4.08. The molecule has 0 atom stereocenters. The fourth-order valence-corrected chi connectivity index (χ4v) is 1.75. The molecule has 0 saturated carbocycles. The zero-order valence-electron chi connectivity index (χ0n) is 11.4. The Labute approximate surface area is 120 Å². The molecule has 0 amide bonds. The summed E-state index contributed by atoms with van der Waals surface area (Å²) in [5, 5.41) is 5.74. The van der Waals surface area contributed by atoms with Crippen molar-refractivity contribution in [1.29, 1.82) is 0 Å². The predicted molar refractivity (Wildman–Crippen MR) is 75.5 cm³/mol. The van der Waals surface area contributed by atoms with Gasteiger partial charge in [-0.15, -0.1) is 0 Å². The SMILES string of the molecule is CCCNc1cc(Nc2ccccc2C(F)(F)F)ncn1. The van der Waals surface area contributed by atoms with E-state index in [0.717, 1.165) is 19.0 Å². The van der Waals surface area contributed by atoms with Crippen molar-refractivity contribution in [2.24, 2.45) is 0 Å². The van der Waals surface area contributed by atoms with Crippen LogP contribution in [0.5, 0.6) is 0 Å². The average molecular weight is 296 g/mol. The van der Waals surface area contributed by atoms with Crippen LogP contribution in [0.1, 0.15) is 18.9 Å². The molecule has 7 heteroatoms. The van der Waals surface area contributed by atoms with Gasteiger partial charge in [-0.25, -0.2) is 9.97 Å². The summed E-state index contributed by atoms with van der Waals surface area (Å²) >= 11 is 0. The molecule has 0 aliphatic rings. The van der Waals surface area contributed by atoms with Gasteiger partial charge in [-0.1, -0.05) is 19.1 Å². The van der Waals surface area contributed by atoms with Gasteiger partial charge in [0.1, 0.15) is 18.0 Å². The van der Waals surface area contributed by atoms with E-state index in [-0.39, 0.29) is 5.69 Å². The highest BCUT2D eigenvalue weighted by atomic mass is 19.4. The van der Waals surface area contributed by atoms with E-state index in [1.54, 1.807) is 6.07 Å². The van der Waals surface area contributed by atoms with Gasteiger partial charge in [0, 0.05) is 12.6 Å². The van der Waals surface area contributed by atoms with E-state index in [2.05, 4.69) is 20.6 Å². The van der Waals surface area contributed by atoms with E-state index in [4.69, 9.17) is 0 Å². The largest absolute Gasteiger partial charge is 0.418 e. The van der Waals surface area contributed by atoms with Crippen molar-refractivity contribution in [1.82, 2.24) is 9.97 Å². The number of alkyl halides is 3. The molecule has 0 radical (unpaired) electrons. The smallest absolute Gasteiger partial charge is 0.370 e. The van der Waals surface area contributed by atoms with Crippen LogP contribution in [0.3, 0.4) is 0 Å². The van der Waals surface area contributed by atoms with Crippen LogP contribution in [0.15, 0.2) is 36.7 Å². The lowest BCUT2D eigenvalue weighted by molar-refractivity contribution is -0.136. The van der Waals surface area contributed by atoms with E-state index in [1.165, 1.54) is 24.5 Å². The summed E-state index contributed by atoms with van der Waals surface area (Å²) in [7, 11) is 0. The zero-order valence-corrected chi connectivity index (χ0v) is 11.4. The van der Waals surface area contributed by atoms with Crippen molar-refractivity contribution in [2.45, 2.75) is 19.5 Å². The molecule has 0 fully saturated rings. The lowest BCUT2D eigenvalue weighted by Crippen LogP contribution is -2.09. The van der Waals surface area contributed by atoms with Crippen molar-refractivity contribution < 1.29 is 13.2 Å². The van der Waals surface area contributed by atoms with Crippen molar-refractivity contribution in [3.05, 3.63) is 42.2 Å². The molecule has 2 N–H and O–H groups in total. The van der Waals surface area contributed by atoms with Gasteiger partial charge in [0.15, 0.2) is 0 Å². The molecule has 4 nitrogen and oxygen atoms in total. The van der Waals surface area contributed by atoms with E-state index < -0.39 is 11.7 Å². The van der Waals surface area contributed by atoms with Crippen LogP contribution in [0.2, 0.25) is 0 Å². The minimum atomic E-state index is -4.42. The second-order valence-electron chi connectivity index (χ2n) is 4.38. The fraction of sp³-hybridized carbons (Fsp3) is 0.286. The van der Waals surface area contributed by atoms with E-state index >= 15 is 0 Å². The highest BCUT2D eigenvalue weighted by Gasteiger charge is 2.33. The van der Waals surface area contributed by atoms with Crippen LogP contribution >= 0.6 is 0 Å². The number of para-hydroxylation sites is 1. The normalized spacial score (nSPS) is 11.2. The summed E-state index contributed by atoms with van der Waals surface area (Å²) in [6.07, 6.45) is -2.19. The molecular formula is C14H15F3N4. The number of nitrogens with zero attached hydrogens (tertiary/aromatic N) is 2. The first kappa shape index (κ1) is 15.1. The Morgan fingerprint density at radius 1 is 1.10 bits per heavy atom. The number of hydrogen-bond acceptors (Lipinski definition) is 4. The number of hydrogen-bond donors (Lipinski definition) is 2. The molecule has 0 bridgehead atoms. The topological polar surface area (TPSA) is 49.8 Å². The van der Waals surface area contributed by atoms with Crippen LogP contribution in [-0.4, -0.2) is 16.5 Å². The van der Waals surface area contributed by atoms with Gasteiger partial charge in [-0.2, -0.15) is 13.2 Å². The molecule has 1 aromatic carbocycles. The second-order valence-corrected chi connectivity index (χ2v) is 4.38. The molecule has 2 rings (SSSR count). The molecule has 0 unspecified atom stereocenters. The van der Waals surface area contributed by atoms with E-state index in [0.29, 0.717) is 11.6 Å². The van der Waals surface area contributed by atoms with Crippen molar-refractivity contribution in [3.8, 4) is 0 Å². The van der Waals surface area contributed by atoms with Crippen molar-refractivity contribution in [2.75, 3.05) is 17.2 Å². The molecule has 0 aliphatic heterocycles. The van der Waals surface area contributed by atoms with Crippen LogP contribution in [-0.2, 0) is 6.18 Å². The second kappa shape index (κ2) is 6.43. The van der Waals surface area contributed by atoms with Gasteiger partial charge in [-0.05, 0) is 18.6 Å². The maximum Gasteiger partial charge on any atom is 0.418 e. The molecule has 0 saturated heterocycles. The molecule has 2 aromatic rings. The zero-order chi connectivity index (χ0) is 15.3. The minimum Gasteiger partial charge on any atom is -0.370 e. The molecule has 112 valence electrons. The van der Waals surface area contributed by atoms with Gasteiger partial charge >= 0.3 is 6.18 Å². The Bertz CT molecular complexity index is 599. The number of halogens is 3. The Balaban J connectivity index is 2.23. The first-order valence-corrected chi connectivity index (χ1v) is 6.50. The van der Waals surface area contributed by atoms with Gasteiger partial charge in [0.2, 0.25) is 0 Å². The molecule has 1 aromatic heterocycles.